The van der Waals surface area contributed by atoms with Gasteiger partial charge in [-0.05, 0) is 35.9 Å². The van der Waals surface area contributed by atoms with E-state index in [1.165, 1.54) is 18.3 Å². The van der Waals surface area contributed by atoms with Crippen molar-refractivity contribution < 1.29 is 14.2 Å². The van der Waals surface area contributed by atoms with E-state index >= 15 is 0 Å². The van der Waals surface area contributed by atoms with E-state index < -0.39 is 4.92 Å². The number of halogens is 2. The minimum absolute atomic E-state index is 0.00385. The summed E-state index contributed by atoms with van der Waals surface area (Å²) in [4.78, 5) is 15.4. The zero-order valence-electron chi connectivity index (χ0n) is 13.3. The molecular weight excluding hydrogens is 379 g/mol. The van der Waals surface area contributed by atoms with Crippen LogP contribution in [0.5, 0.6) is 0 Å². The van der Waals surface area contributed by atoms with Crippen LogP contribution in [0.3, 0.4) is 0 Å². The molecule has 0 radical (unpaired) electrons. The van der Waals surface area contributed by atoms with Crippen LogP contribution in [-0.4, -0.2) is 11.1 Å². The highest BCUT2D eigenvalue weighted by atomic mass is 35.5. The van der Waals surface area contributed by atoms with Crippen molar-refractivity contribution in [2.45, 2.75) is 6.61 Å². The van der Waals surface area contributed by atoms with E-state index in [1.54, 1.807) is 42.5 Å². The zero-order chi connectivity index (χ0) is 18.5. The van der Waals surface area contributed by atoms with Crippen LogP contribution < -0.4 is 0 Å². The molecule has 0 spiro atoms. The molecule has 6 nitrogen and oxygen atoms in total. The smallest absolute Gasteiger partial charge is 0.269 e. The summed E-state index contributed by atoms with van der Waals surface area (Å²) in [5, 5.41) is 15.6. The maximum absolute atomic E-state index is 10.7. The largest absolute Gasteiger partial charge is 0.455 e. The van der Waals surface area contributed by atoms with Crippen molar-refractivity contribution in [2.75, 3.05) is 0 Å². The molecular formula is C18H12Cl2N2O4. The van der Waals surface area contributed by atoms with Crippen molar-refractivity contribution >= 4 is 35.1 Å². The maximum atomic E-state index is 10.7. The maximum Gasteiger partial charge on any atom is 0.269 e. The molecule has 8 heteroatoms. The number of hydrogen-bond acceptors (Lipinski definition) is 5. The molecule has 2 aromatic carbocycles. The van der Waals surface area contributed by atoms with Gasteiger partial charge < -0.3 is 9.25 Å². The number of nitrogens with zero attached hydrogens (tertiary/aromatic N) is 2. The average molecular weight is 391 g/mol. The number of hydrogen-bond donors (Lipinski definition) is 0. The Morgan fingerprint density at radius 3 is 2.81 bits per heavy atom. The molecule has 3 aromatic rings. The van der Waals surface area contributed by atoms with E-state index in [1.807, 2.05) is 0 Å². The number of rotatable bonds is 6. The van der Waals surface area contributed by atoms with Crippen molar-refractivity contribution in [2.24, 2.45) is 5.16 Å². The summed E-state index contributed by atoms with van der Waals surface area (Å²) < 4.78 is 5.65. The fraction of sp³-hybridized carbons (Fsp3) is 0.0556. The topological polar surface area (TPSA) is 77.9 Å². The molecule has 0 N–H and O–H groups in total. The molecule has 1 heterocycles. The first-order valence-electron chi connectivity index (χ1n) is 7.47. The Kier molecular flexibility index (Phi) is 5.55. The summed E-state index contributed by atoms with van der Waals surface area (Å²) in [6.45, 7) is 0.103. The number of oxime groups is 1. The van der Waals surface area contributed by atoms with E-state index in [-0.39, 0.29) is 12.3 Å². The Morgan fingerprint density at radius 2 is 2.00 bits per heavy atom. The monoisotopic (exact) mass is 390 g/mol. The average Bonchev–Trinajstić information content (AvgIpc) is 3.10. The van der Waals surface area contributed by atoms with Crippen LogP contribution in [0.25, 0.3) is 11.3 Å². The second kappa shape index (κ2) is 8.03. The minimum Gasteiger partial charge on any atom is -0.455 e. The number of furan rings is 1. The standard InChI is InChI=1S/C18H12Cl2N2O4/c19-13-4-6-17(20)16(9-13)18-7-5-15(26-18)10-21-25-11-12-2-1-3-14(8-12)22(23)24/h1-10H,11H2/b21-10-. The molecule has 0 aliphatic carbocycles. The fourth-order valence-electron chi connectivity index (χ4n) is 2.21. The zero-order valence-corrected chi connectivity index (χ0v) is 14.8. The quantitative estimate of drug-likeness (QED) is 0.306. The Bertz CT molecular complexity index is 969. The fourth-order valence-corrected chi connectivity index (χ4v) is 2.60. The van der Waals surface area contributed by atoms with Gasteiger partial charge in [-0.3, -0.25) is 10.1 Å². The van der Waals surface area contributed by atoms with Gasteiger partial charge in [-0.15, -0.1) is 0 Å². The summed E-state index contributed by atoms with van der Waals surface area (Å²) >= 11 is 12.1. The van der Waals surface area contributed by atoms with Crippen LogP contribution in [0.2, 0.25) is 10.0 Å². The lowest BCUT2D eigenvalue weighted by atomic mass is 10.2. The van der Waals surface area contributed by atoms with Gasteiger partial charge in [0, 0.05) is 22.7 Å². The molecule has 0 unspecified atom stereocenters. The number of non-ortho nitro benzene ring substituents is 1. The number of nitro benzene ring substituents is 1. The number of nitro groups is 1. The second-order valence-electron chi connectivity index (χ2n) is 5.26. The van der Waals surface area contributed by atoms with Gasteiger partial charge in [-0.2, -0.15) is 0 Å². The molecule has 132 valence electrons. The third-order valence-corrected chi connectivity index (χ3v) is 3.99. The van der Waals surface area contributed by atoms with Gasteiger partial charge in [-0.1, -0.05) is 40.5 Å². The first-order chi connectivity index (χ1) is 12.5. The highest BCUT2D eigenvalue weighted by Crippen LogP contribution is 2.31. The molecule has 0 saturated carbocycles. The molecule has 0 saturated heterocycles. The predicted octanol–water partition coefficient (Wildman–Crippen LogP) is 5.71. The Hall–Kier alpha value is -2.83. The third-order valence-electron chi connectivity index (χ3n) is 3.43. The van der Waals surface area contributed by atoms with Crippen molar-refractivity contribution in [3.63, 3.8) is 0 Å². The Balaban J connectivity index is 1.63. The van der Waals surface area contributed by atoms with E-state index in [9.17, 15) is 10.1 Å². The number of benzene rings is 2. The van der Waals surface area contributed by atoms with E-state index in [2.05, 4.69) is 5.16 Å². The van der Waals surface area contributed by atoms with Gasteiger partial charge in [0.2, 0.25) is 0 Å². The lowest BCUT2D eigenvalue weighted by Gasteiger charge is -2.01. The molecule has 0 bridgehead atoms. The summed E-state index contributed by atoms with van der Waals surface area (Å²) in [7, 11) is 0. The Labute approximate surface area is 158 Å². The minimum atomic E-state index is -0.460. The third kappa shape index (κ3) is 4.41. The van der Waals surface area contributed by atoms with Crippen LogP contribution >= 0.6 is 23.2 Å². The summed E-state index contributed by atoms with van der Waals surface area (Å²) in [5.41, 5.74) is 1.32. The first-order valence-corrected chi connectivity index (χ1v) is 8.22. The van der Waals surface area contributed by atoms with E-state index in [4.69, 9.17) is 32.5 Å². The van der Waals surface area contributed by atoms with Gasteiger partial charge in [0.05, 0.1) is 9.95 Å². The first kappa shape index (κ1) is 18.0. The molecule has 0 aliphatic heterocycles. The van der Waals surface area contributed by atoms with Crippen LogP contribution in [0.15, 0.2) is 64.2 Å². The van der Waals surface area contributed by atoms with Crippen molar-refractivity contribution in [1.29, 1.82) is 0 Å². The molecule has 0 aliphatic rings. The molecule has 3 rings (SSSR count). The summed E-state index contributed by atoms with van der Waals surface area (Å²) in [6.07, 6.45) is 1.40. The molecule has 0 atom stereocenters. The van der Waals surface area contributed by atoms with Crippen molar-refractivity contribution in [1.82, 2.24) is 0 Å². The van der Waals surface area contributed by atoms with Crippen LogP contribution in [0.1, 0.15) is 11.3 Å². The van der Waals surface area contributed by atoms with Gasteiger partial charge in [0.15, 0.2) is 0 Å². The molecule has 26 heavy (non-hydrogen) atoms. The van der Waals surface area contributed by atoms with Gasteiger partial charge in [-0.25, -0.2) is 0 Å². The molecule has 1 aromatic heterocycles. The van der Waals surface area contributed by atoms with Crippen LogP contribution in [-0.2, 0) is 11.4 Å². The van der Waals surface area contributed by atoms with Crippen LogP contribution in [0, 0.1) is 10.1 Å². The predicted molar refractivity (Wildman–Crippen MR) is 99.6 cm³/mol. The normalized spacial score (nSPS) is 11.0. The van der Waals surface area contributed by atoms with Crippen molar-refractivity contribution in [3.8, 4) is 11.3 Å². The highest BCUT2D eigenvalue weighted by Gasteiger charge is 2.09. The molecule has 0 fully saturated rings. The lowest BCUT2D eigenvalue weighted by molar-refractivity contribution is -0.384. The highest BCUT2D eigenvalue weighted by molar-refractivity contribution is 6.35. The van der Waals surface area contributed by atoms with Crippen LogP contribution in [0.4, 0.5) is 5.69 Å². The lowest BCUT2D eigenvalue weighted by Crippen LogP contribution is -1.92. The van der Waals surface area contributed by atoms with Gasteiger partial charge >= 0.3 is 0 Å². The van der Waals surface area contributed by atoms with E-state index in [0.29, 0.717) is 32.7 Å². The van der Waals surface area contributed by atoms with E-state index in [0.717, 1.165) is 0 Å². The van der Waals surface area contributed by atoms with Crippen molar-refractivity contribution in [3.05, 3.63) is 86.1 Å². The molecule has 0 amide bonds. The Morgan fingerprint density at radius 1 is 1.15 bits per heavy atom. The van der Waals surface area contributed by atoms with Gasteiger partial charge in [0.25, 0.3) is 5.69 Å². The SMILES string of the molecule is O=[N+]([O-])c1cccc(CO/N=C\c2ccc(-c3cc(Cl)ccc3Cl)o2)c1. The summed E-state index contributed by atoms with van der Waals surface area (Å²) in [6, 6.07) is 14.7. The summed E-state index contributed by atoms with van der Waals surface area (Å²) in [5.74, 6) is 1.02. The second-order valence-corrected chi connectivity index (χ2v) is 6.10. The van der Waals surface area contributed by atoms with Gasteiger partial charge in [0.1, 0.15) is 24.3 Å².